The van der Waals surface area contributed by atoms with Gasteiger partial charge in [0.2, 0.25) is 0 Å². The number of ether oxygens (including phenoxy) is 1. The molecular formula is C19H17NO6. The molecule has 0 atom stereocenters. The molecule has 0 spiro atoms. The van der Waals surface area contributed by atoms with Crippen molar-refractivity contribution >= 4 is 23.5 Å². The second-order valence-electron chi connectivity index (χ2n) is 5.87. The Morgan fingerprint density at radius 3 is 2.46 bits per heavy atom. The van der Waals surface area contributed by atoms with Crippen LogP contribution in [0.3, 0.4) is 0 Å². The number of anilines is 1. The zero-order chi connectivity index (χ0) is 18.7. The van der Waals surface area contributed by atoms with Gasteiger partial charge in [0.15, 0.2) is 0 Å². The number of benzene rings is 2. The minimum absolute atomic E-state index is 0.0238. The molecule has 1 heterocycles. The Kier molecular flexibility index (Phi) is 4.88. The Balaban J connectivity index is 1.76. The second-order valence-corrected chi connectivity index (χ2v) is 5.87. The molecule has 3 rings (SSSR count). The average molecular weight is 355 g/mol. The van der Waals surface area contributed by atoms with Crippen LogP contribution >= 0.6 is 0 Å². The van der Waals surface area contributed by atoms with Crippen LogP contribution < -0.4 is 9.64 Å². The van der Waals surface area contributed by atoms with E-state index in [1.807, 2.05) is 0 Å². The van der Waals surface area contributed by atoms with Crippen molar-refractivity contribution in [2.24, 2.45) is 0 Å². The Morgan fingerprint density at radius 1 is 1.08 bits per heavy atom. The van der Waals surface area contributed by atoms with Crippen molar-refractivity contribution in [3.63, 3.8) is 0 Å². The van der Waals surface area contributed by atoms with Crippen molar-refractivity contribution in [2.75, 3.05) is 11.5 Å². The largest absolute Gasteiger partial charge is 0.493 e. The highest BCUT2D eigenvalue weighted by atomic mass is 16.5. The number of carbonyl (C=O) groups excluding carboxylic acids is 1. The maximum absolute atomic E-state index is 12.7. The first-order valence-corrected chi connectivity index (χ1v) is 8.09. The average Bonchev–Trinajstić information content (AvgIpc) is 2.96. The van der Waals surface area contributed by atoms with Crippen molar-refractivity contribution in [2.45, 2.75) is 19.4 Å². The first-order chi connectivity index (χ1) is 12.5. The summed E-state index contributed by atoms with van der Waals surface area (Å²) in [5, 5.41) is 17.6. The lowest BCUT2D eigenvalue weighted by atomic mass is 10.1. The van der Waals surface area contributed by atoms with Gasteiger partial charge in [0.25, 0.3) is 5.91 Å². The molecule has 0 radical (unpaired) electrons. The summed E-state index contributed by atoms with van der Waals surface area (Å²) in [6.07, 6.45) is 0.406. The van der Waals surface area contributed by atoms with Crippen LogP contribution in [0.4, 0.5) is 5.69 Å². The SMILES string of the molecule is O=C(O)CCCOc1cccc2c1CN(c1ccc(C(=O)O)cc1)C2=O. The summed E-state index contributed by atoms with van der Waals surface area (Å²) in [5.74, 6) is -1.52. The molecule has 7 nitrogen and oxygen atoms in total. The number of aliphatic carboxylic acids is 1. The molecule has 1 aliphatic rings. The number of fused-ring (bicyclic) bond motifs is 1. The first-order valence-electron chi connectivity index (χ1n) is 8.09. The van der Waals surface area contributed by atoms with E-state index in [4.69, 9.17) is 14.9 Å². The molecule has 0 saturated carbocycles. The highest BCUT2D eigenvalue weighted by Gasteiger charge is 2.31. The monoisotopic (exact) mass is 355 g/mol. The summed E-state index contributed by atoms with van der Waals surface area (Å²) in [5.41, 5.74) is 2.03. The molecule has 0 aromatic heterocycles. The number of aromatic carboxylic acids is 1. The standard InChI is InChI=1S/C19H17NO6/c21-17(22)5-2-10-26-16-4-1-3-14-15(16)11-20(18(14)23)13-8-6-12(7-9-13)19(24)25/h1,3-4,6-9H,2,5,10-11H2,(H,21,22)(H,24,25). The summed E-state index contributed by atoms with van der Waals surface area (Å²) >= 11 is 0. The highest BCUT2D eigenvalue weighted by molar-refractivity contribution is 6.10. The molecule has 1 amide bonds. The van der Waals surface area contributed by atoms with Gasteiger partial charge in [-0.25, -0.2) is 4.79 Å². The Labute approximate surface area is 149 Å². The van der Waals surface area contributed by atoms with Gasteiger partial charge in [-0.3, -0.25) is 9.59 Å². The molecular weight excluding hydrogens is 338 g/mol. The lowest BCUT2D eigenvalue weighted by molar-refractivity contribution is -0.137. The van der Waals surface area contributed by atoms with Gasteiger partial charge in [-0.15, -0.1) is 0 Å². The van der Waals surface area contributed by atoms with E-state index >= 15 is 0 Å². The van der Waals surface area contributed by atoms with Crippen LogP contribution in [0.5, 0.6) is 5.75 Å². The molecule has 2 aromatic rings. The van der Waals surface area contributed by atoms with Gasteiger partial charge in [-0.2, -0.15) is 0 Å². The van der Waals surface area contributed by atoms with Gasteiger partial charge in [0.05, 0.1) is 18.7 Å². The summed E-state index contributed by atoms with van der Waals surface area (Å²) in [6.45, 7) is 0.569. The molecule has 0 saturated heterocycles. The van der Waals surface area contributed by atoms with Crippen LogP contribution in [-0.4, -0.2) is 34.7 Å². The van der Waals surface area contributed by atoms with E-state index in [9.17, 15) is 14.4 Å². The number of carboxylic acids is 2. The summed E-state index contributed by atoms with van der Waals surface area (Å²) < 4.78 is 5.66. The lowest BCUT2D eigenvalue weighted by Crippen LogP contribution is -2.22. The van der Waals surface area contributed by atoms with Gasteiger partial charge >= 0.3 is 11.9 Å². The lowest BCUT2D eigenvalue weighted by Gasteiger charge is -2.16. The topological polar surface area (TPSA) is 104 Å². The molecule has 0 unspecified atom stereocenters. The van der Waals surface area contributed by atoms with Crippen LogP contribution in [0.15, 0.2) is 42.5 Å². The third-order valence-corrected chi connectivity index (χ3v) is 4.14. The summed E-state index contributed by atoms with van der Waals surface area (Å²) in [4.78, 5) is 35.7. The minimum Gasteiger partial charge on any atom is -0.493 e. The number of carbonyl (C=O) groups is 3. The fourth-order valence-electron chi connectivity index (χ4n) is 2.84. The molecule has 26 heavy (non-hydrogen) atoms. The van der Waals surface area contributed by atoms with Crippen LogP contribution in [-0.2, 0) is 11.3 Å². The maximum Gasteiger partial charge on any atom is 0.335 e. The molecule has 1 aliphatic heterocycles. The van der Waals surface area contributed by atoms with Crippen molar-refractivity contribution in [3.05, 3.63) is 59.2 Å². The number of hydrogen-bond donors (Lipinski definition) is 2. The van der Waals surface area contributed by atoms with E-state index in [1.165, 1.54) is 12.1 Å². The Bertz CT molecular complexity index is 859. The summed E-state index contributed by atoms with van der Waals surface area (Å²) in [6, 6.07) is 11.3. The zero-order valence-electron chi connectivity index (χ0n) is 13.8. The smallest absolute Gasteiger partial charge is 0.335 e. The molecule has 0 fully saturated rings. The van der Waals surface area contributed by atoms with Crippen LogP contribution in [0, 0.1) is 0 Å². The normalized spacial score (nSPS) is 12.8. The fraction of sp³-hybridized carbons (Fsp3) is 0.211. The van der Waals surface area contributed by atoms with Crippen molar-refractivity contribution in [3.8, 4) is 5.75 Å². The van der Waals surface area contributed by atoms with Crippen LogP contribution in [0.2, 0.25) is 0 Å². The molecule has 2 aromatic carbocycles. The van der Waals surface area contributed by atoms with Crippen molar-refractivity contribution < 1.29 is 29.3 Å². The van der Waals surface area contributed by atoms with E-state index in [2.05, 4.69) is 0 Å². The second kappa shape index (κ2) is 7.26. The van der Waals surface area contributed by atoms with E-state index in [0.717, 1.165) is 5.56 Å². The van der Waals surface area contributed by atoms with Crippen LogP contribution in [0.25, 0.3) is 0 Å². The van der Waals surface area contributed by atoms with Crippen LogP contribution in [0.1, 0.15) is 39.1 Å². The van der Waals surface area contributed by atoms with E-state index < -0.39 is 11.9 Å². The number of rotatable bonds is 7. The van der Waals surface area contributed by atoms with E-state index in [-0.39, 0.29) is 24.5 Å². The predicted octanol–water partition coefficient (Wildman–Crippen LogP) is 2.79. The molecule has 134 valence electrons. The van der Waals surface area contributed by atoms with Gasteiger partial charge < -0.3 is 19.8 Å². The third-order valence-electron chi connectivity index (χ3n) is 4.14. The molecule has 7 heteroatoms. The highest BCUT2D eigenvalue weighted by Crippen LogP contribution is 2.34. The van der Waals surface area contributed by atoms with Gasteiger partial charge in [-0.1, -0.05) is 6.07 Å². The Hall–Kier alpha value is -3.35. The number of nitrogens with zero attached hydrogens (tertiary/aromatic N) is 1. The van der Waals surface area contributed by atoms with E-state index in [0.29, 0.717) is 30.0 Å². The Morgan fingerprint density at radius 2 is 1.81 bits per heavy atom. The quantitative estimate of drug-likeness (QED) is 0.740. The third kappa shape index (κ3) is 3.51. The summed E-state index contributed by atoms with van der Waals surface area (Å²) in [7, 11) is 0. The van der Waals surface area contributed by atoms with Gasteiger partial charge in [-0.05, 0) is 42.8 Å². The van der Waals surface area contributed by atoms with Crippen molar-refractivity contribution in [1.29, 1.82) is 0 Å². The first kappa shape index (κ1) is 17.5. The zero-order valence-corrected chi connectivity index (χ0v) is 13.8. The van der Waals surface area contributed by atoms with Crippen molar-refractivity contribution in [1.82, 2.24) is 0 Å². The van der Waals surface area contributed by atoms with E-state index in [1.54, 1.807) is 35.2 Å². The van der Waals surface area contributed by atoms with Gasteiger partial charge in [0, 0.05) is 23.2 Å². The predicted molar refractivity (Wildman–Crippen MR) is 92.7 cm³/mol. The number of carboxylic acid groups (broad SMARTS) is 2. The number of hydrogen-bond acceptors (Lipinski definition) is 4. The molecule has 2 N–H and O–H groups in total. The molecule has 0 bridgehead atoms. The van der Waals surface area contributed by atoms with Gasteiger partial charge in [0.1, 0.15) is 5.75 Å². The number of amides is 1. The fourth-order valence-corrected chi connectivity index (χ4v) is 2.84. The molecule has 0 aliphatic carbocycles. The minimum atomic E-state index is -1.02. The maximum atomic E-state index is 12.7.